The number of halogens is 1. The molecular formula is C15H9FN4. The molecule has 96 valence electrons. The predicted molar refractivity (Wildman–Crippen MR) is 74.6 cm³/mol. The Balaban J connectivity index is 2.14. The molecule has 0 aliphatic rings. The van der Waals surface area contributed by atoms with Crippen molar-refractivity contribution in [3.8, 4) is 11.1 Å². The third-order valence-corrected chi connectivity index (χ3v) is 3.36. The summed E-state index contributed by atoms with van der Waals surface area (Å²) in [7, 11) is 0. The van der Waals surface area contributed by atoms with Crippen LogP contribution in [-0.2, 0) is 0 Å². The Morgan fingerprint density at radius 1 is 1.00 bits per heavy atom. The van der Waals surface area contributed by atoms with E-state index in [0.717, 1.165) is 32.8 Å². The van der Waals surface area contributed by atoms with Gasteiger partial charge in [-0.2, -0.15) is 5.10 Å². The van der Waals surface area contributed by atoms with Gasteiger partial charge in [-0.25, -0.2) is 4.39 Å². The fourth-order valence-electron chi connectivity index (χ4n) is 2.41. The zero-order valence-corrected chi connectivity index (χ0v) is 10.3. The Bertz CT molecular complexity index is 916. The maximum Gasteiger partial charge on any atom is 0.123 e. The molecule has 0 saturated heterocycles. The van der Waals surface area contributed by atoms with E-state index in [9.17, 15) is 4.39 Å². The van der Waals surface area contributed by atoms with Crippen LogP contribution >= 0.6 is 0 Å². The molecule has 0 aliphatic carbocycles. The molecule has 0 bridgehead atoms. The molecule has 4 nitrogen and oxygen atoms in total. The summed E-state index contributed by atoms with van der Waals surface area (Å²) in [6.45, 7) is 0. The van der Waals surface area contributed by atoms with Gasteiger partial charge in [-0.3, -0.25) is 15.1 Å². The van der Waals surface area contributed by atoms with E-state index in [-0.39, 0.29) is 5.82 Å². The largest absolute Gasteiger partial charge is 0.285 e. The average Bonchev–Trinajstić information content (AvgIpc) is 3.00. The minimum absolute atomic E-state index is 0.265. The van der Waals surface area contributed by atoms with Crippen molar-refractivity contribution in [1.82, 2.24) is 20.2 Å². The van der Waals surface area contributed by atoms with Gasteiger partial charge in [-0.15, -0.1) is 0 Å². The summed E-state index contributed by atoms with van der Waals surface area (Å²) in [6.07, 6.45) is 8.71. The Morgan fingerprint density at radius 3 is 2.80 bits per heavy atom. The SMILES string of the molecule is Fc1ccc2cnc3c(-c4cn[nH]c4)cncc3c2c1. The quantitative estimate of drug-likeness (QED) is 0.536. The topological polar surface area (TPSA) is 54.5 Å². The van der Waals surface area contributed by atoms with Gasteiger partial charge < -0.3 is 0 Å². The molecule has 4 aromatic rings. The second kappa shape index (κ2) is 4.09. The van der Waals surface area contributed by atoms with Crippen molar-refractivity contribution < 1.29 is 4.39 Å². The van der Waals surface area contributed by atoms with E-state index in [1.807, 2.05) is 0 Å². The van der Waals surface area contributed by atoms with Gasteiger partial charge in [0.15, 0.2) is 0 Å². The molecule has 0 spiro atoms. The van der Waals surface area contributed by atoms with Crippen molar-refractivity contribution in [1.29, 1.82) is 0 Å². The van der Waals surface area contributed by atoms with Crippen molar-refractivity contribution in [2.45, 2.75) is 0 Å². The fourth-order valence-corrected chi connectivity index (χ4v) is 2.41. The van der Waals surface area contributed by atoms with Gasteiger partial charge in [0, 0.05) is 46.7 Å². The molecule has 1 N–H and O–H groups in total. The summed E-state index contributed by atoms with van der Waals surface area (Å²) in [5.74, 6) is -0.265. The Kier molecular flexibility index (Phi) is 2.26. The van der Waals surface area contributed by atoms with Gasteiger partial charge in [0.2, 0.25) is 0 Å². The minimum Gasteiger partial charge on any atom is -0.285 e. The normalized spacial score (nSPS) is 11.2. The van der Waals surface area contributed by atoms with Crippen LogP contribution in [0, 0.1) is 5.82 Å². The summed E-state index contributed by atoms with van der Waals surface area (Å²) in [6, 6.07) is 4.67. The monoisotopic (exact) mass is 264 g/mol. The molecule has 0 atom stereocenters. The summed E-state index contributed by atoms with van der Waals surface area (Å²) in [5, 5.41) is 9.26. The molecule has 0 saturated carbocycles. The lowest BCUT2D eigenvalue weighted by atomic mass is 10.0. The van der Waals surface area contributed by atoms with Crippen LogP contribution in [0.25, 0.3) is 32.8 Å². The van der Waals surface area contributed by atoms with Crippen molar-refractivity contribution in [3.63, 3.8) is 0 Å². The third-order valence-electron chi connectivity index (χ3n) is 3.36. The number of benzene rings is 1. The fraction of sp³-hybridized carbons (Fsp3) is 0. The lowest BCUT2D eigenvalue weighted by Crippen LogP contribution is -1.88. The third kappa shape index (κ3) is 1.56. The number of nitrogens with one attached hydrogen (secondary N) is 1. The molecule has 0 amide bonds. The first-order valence-electron chi connectivity index (χ1n) is 6.14. The number of nitrogens with zero attached hydrogens (tertiary/aromatic N) is 3. The maximum atomic E-state index is 13.5. The summed E-state index contributed by atoms with van der Waals surface area (Å²) in [4.78, 5) is 8.74. The van der Waals surface area contributed by atoms with Gasteiger partial charge >= 0.3 is 0 Å². The molecular weight excluding hydrogens is 255 g/mol. The number of hydrogen-bond donors (Lipinski definition) is 1. The highest BCUT2D eigenvalue weighted by Crippen LogP contribution is 2.30. The summed E-state index contributed by atoms with van der Waals surface area (Å²) in [5.41, 5.74) is 2.58. The number of aromatic amines is 1. The van der Waals surface area contributed by atoms with E-state index in [0.29, 0.717) is 0 Å². The van der Waals surface area contributed by atoms with Crippen molar-refractivity contribution in [2.75, 3.05) is 0 Å². The molecule has 1 aromatic carbocycles. The van der Waals surface area contributed by atoms with Crippen LogP contribution in [0.4, 0.5) is 4.39 Å². The highest BCUT2D eigenvalue weighted by molar-refractivity contribution is 6.09. The van der Waals surface area contributed by atoms with Gasteiger partial charge in [-0.05, 0) is 23.6 Å². The average molecular weight is 264 g/mol. The lowest BCUT2D eigenvalue weighted by Gasteiger charge is -2.06. The zero-order valence-electron chi connectivity index (χ0n) is 10.3. The van der Waals surface area contributed by atoms with Crippen molar-refractivity contribution in [3.05, 3.63) is 55.0 Å². The number of hydrogen-bond acceptors (Lipinski definition) is 3. The molecule has 0 unspecified atom stereocenters. The molecule has 4 rings (SSSR count). The van der Waals surface area contributed by atoms with E-state index in [1.165, 1.54) is 12.1 Å². The highest BCUT2D eigenvalue weighted by Gasteiger charge is 2.09. The number of rotatable bonds is 1. The smallest absolute Gasteiger partial charge is 0.123 e. The van der Waals surface area contributed by atoms with Crippen LogP contribution < -0.4 is 0 Å². The maximum absolute atomic E-state index is 13.5. The number of H-pyrrole nitrogens is 1. The first kappa shape index (κ1) is 11.0. The van der Waals surface area contributed by atoms with Crippen LogP contribution in [0.2, 0.25) is 0 Å². The zero-order chi connectivity index (χ0) is 13.5. The first-order chi connectivity index (χ1) is 9.83. The minimum atomic E-state index is -0.265. The molecule has 0 radical (unpaired) electrons. The van der Waals surface area contributed by atoms with Gasteiger partial charge in [0.05, 0.1) is 11.7 Å². The van der Waals surface area contributed by atoms with Crippen molar-refractivity contribution >= 4 is 21.7 Å². The van der Waals surface area contributed by atoms with Crippen molar-refractivity contribution in [2.24, 2.45) is 0 Å². The number of fused-ring (bicyclic) bond motifs is 3. The van der Waals surface area contributed by atoms with E-state index >= 15 is 0 Å². The molecule has 20 heavy (non-hydrogen) atoms. The highest BCUT2D eigenvalue weighted by atomic mass is 19.1. The van der Waals surface area contributed by atoms with Crippen LogP contribution in [0.5, 0.6) is 0 Å². The molecule has 3 heterocycles. The van der Waals surface area contributed by atoms with Gasteiger partial charge in [0.1, 0.15) is 5.82 Å². The Labute approximate surface area is 113 Å². The van der Waals surface area contributed by atoms with E-state index in [1.54, 1.807) is 37.1 Å². The lowest BCUT2D eigenvalue weighted by molar-refractivity contribution is 0.630. The Hall–Kier alpha value is -2.82. The van der Waals surface area contributed by atoms with Crippen LogP contribution in [0.3, 0.4) is 0 Å². The van der Waals surface area contributed by atoms with Gasteiger partial charge in [0.25, 0.3) is 0 Å². The van der Waals surface area contributed by atoms with Gasteiger partial charge in [-0.1, -0.05) is 0 Å². The summed E-state index contributed by atoms with van der Waals surface area (Å²) >= 11 is 0. The standard InChI is InChI=1S/C15H9FN4/c16-11-2-1-9-4-18-15-13(10-5-19-20-6-10)7-17-8-14(15)12(9)3-11/h1-8H,(H,19,20). The van der Waals surface area contributed by atoms with E-state index in [2.05, 4.69) is 20.2 Å². The van der Waals surface area contributed by atoms with Crippen LogP contribution in [-0.4, -0.2) is 20.2 Å². The van der Waals surface area contributed by atoms with E-state index in [4.69, 9.17) is 0 Å². The molecule has 5 heteroatoms. The van der Waals surface area contributed by atoms with E-state index < -0.39 is 0 Å². The molecule has 0 fully saturated rings. The van der Waals surface area contributed by atoms with Crippen LogP contribution in [0.1, 0.15) is 0 Å². The second-order valence-corrected chi connectivity index (χ2v) is 4.56. The summed E-state index contributed by atoms with van der Waals surface area (Å²) < 4.78 is 13.5. The molecule has 3 aromatic heterocycles. The Morgan fingerprint density at radius 2 is 1.95 bits per heavy atom. The predicted octanol–water partition coefficient (Wildman–Crippen LogP) is 3.31. The number of aromatic nitrogens is 4. The second-order valence-electron chi connectivity index (χ2n) is 4.56. The first-order valence-corrected chi connectivity index (χ1v) is 6.14. The van der Waals surface area contributed by atoms with Crippen LogP contribution in [0.15, 0.2) is 49.2 Å². The molecule has 0 aliphatic heterocycles. The number of pyridine rings is 2.